The fraction of sp³-hybridized carbons (Fsp3) is 0.400. The fourth-order valence-corrected chi connectivity index (χ4v) is 4.56. The van der Waals surface area contributed by atoms with Crippen molar-refractivity contribution in [3.63, 3.8) is 0 Å². The van der Waals surface area contributed by atoms with Crippen LogP contribution >= 0.6 is 0 Å². The minimum Gasteiger partial charge on any atom is -0.495 e. The zero-order valence-corrected chi connectivity index (χ0v) is 20.2. The predicted molar refractivity (Wildman–Crippen MR) is 129 cm³/mol. The summed E-state index contributed by atoms with van der Waals surface area (Å²) in [7, 11) is 2.67. The highest BCUT2D eigenvalue weighted by molar-refractivity contribution is 6.02. The molecule has 1 fully saturated rings. The molecule has 10 nitrogen and oxygen atoms in total. The molecule has 4 rings (SSSR count). The molecule has 10 heteroatoms. The van der Waals surface area contributed by atoms with Crippen LogP contribution in [0.15, 0.2) is 39.9 Å². The summed E-state index contributed by atoms with van der Waals surface area (Å²) in [6, 6.07) is 8.20. The molecule has 1 aliphatic heterocycles. The summed E-state index contributed by atoms with van der Waals surface area (Å²) >= 11 is 0. The molecule has 1 unspecified atom stereocenters. The summed E-state index contributed by atoms with van der Waals surface area (Å²) in [6.45, 7) is 4.39. The van der Waals surface area contributed by atoms with Gasteiger partial charge >= 0.3 is 11.7 Å². The van der Waals surface area contributed by atoms with Crippen LogP contribution in [-0.2, 0) is 16.1 Å². The minimum absolute atomic E-state index is 0.0137. The summed E-state index contributed by atoms with van der Waals surface area (Å²) in [5.41, 5.74) is -0.832. The molecule has 1 aliphatic rings. The van der Waals surface area contributed by atoms with E-state index in [0.29, 0.717) is 36.1 Å². The number of amides is 1. The number of benzene rings is 1. The lowest BCUT2D eigenvalue weighted by atomic mass is 10.0. The minimum atomic E-state index is -0.776. The lowest BCUT2D eigenvalue weighted by Gasteiger charge is -2.31. The summed E-state index contributed by atoms with van der Waals surface area (Å²) in [6.07, 6.45) is 1.88. The SMILES string of the molecule is COC(=O)c1cc(C)nc2c1c(=O)n(CC(=O)N1CCCC(C)C1)c(=O)n2-c1ccccc1OC. The number of para-hydroxylation sites is 2. The molecule has 0 N–H and O–H groups in total. The van der Waals surface area contributed by atoms with Crippen molar-refractivity contribution in [1.82, 2.24) is 19.0 Å². The molecule has 0 aliphatic carbocycles. The van der Waals surface area contributed by atoms with Crippen LogP contribution in [0.25, 0.3) is 16.7 Å². The number of rotatable bonds is 5. The van der Waals surface area contributed by atoms with Crippen LogP contribution in [0.3, 0.4) is 0 Å². The third-order valence-electron chi connectivity index (χ3n) is 6.26. The van der Waals surface area contributed by atoms with Crippen LogP contribution < -0.4 is 16.0 Å². The van der Waals surface area contributed by atoms with Gasteiger partial charge in [0, 0.05) is 18.8 Å². The number of nitrogens with zero attached hydrogens (tertiary/aromatic N) is 4. The molecular weight excluding hydrogens is 452 g/mol. The molecule has 1 saturated heterocycles. The van der Waals surface area contributed by atoms with Gasteiger partial charge in [-0.1, -0.05) is 19.1 Å². The number of likely N-dealkylation sites (tertiary alicyclic amines) is 1. The molecule has 3 heterocycles. The lowest BCUT2D eigenvalue weighted by molar-refractivity contribution is -0.133. The van der Waals surface area contributed by atoms with Gasteiger partial charge in [-0.2, -0.15) is 0 Å². The number of aromatic nitrogens is 3. The van der Waals surface area contributed by atoms with Crippen molar-refractivity contribution in [2.24, 2.45) is 5.92 Å². The second kappa shape index (κ2) is 9.73. The normalized spacial score (nSPS) is 15.8. The monoisotopic (exact) mass is 480 g/mol. The number of piperidine rings is 1. The summed E-state index contributed by atoms with van der Waals surface area (Å²) in [5.74, 6) is -0.378. The predicted octanol–water partition coefficient (Wildman–Crippen LogP) is 1.91. The van der Waals surface area contributed by atoms with E-state index in [1.807, 2.05) is 0 Å². The maximum absolute atomic E-state index is 13.8. The van der Waals surface area contributed by atoms with Crippen LogP contribution in [0.5, 0.6) is 5.75 Å². The Kier molecular flexibility index (Phi) is 6.72. The first-order valence-electron chi connectivity index (χ1n) is 11.4. The van der Waals surface area contributed by atoms with Gasteiger partial charge in [0.25, 0.3) is 5.56 Å². The Morgan fingerprint density at radius 3 is 2.60 bits per heavy atom. The van der Waals surface area contributed by atoms with E-state index < -0.39 is 23.8 Å². The second-order valence-corrected chi connectivity index (χ2v) is 8.77. The van der Waals surface area contributed by atoms with Gasteiger partial charge in [0.05, 0.1) is 30.9 Å². The number of ether oxygens (including phenoxy) is 2. The molecule has 1 atom stereocenters. The maximum Gasteiger partial charge on any atom is 0.338 e. The van der Waals surface area contributed by atoms with Crippen molar-refractivity contribution in [2.75, 3.05) is 27.3 Å². The van der Waals surface area contributed by atoms with Crippen LogP contribution in [-0.4, -0.2) is 58.2 Å². The van der Waals surface area contributed by atoms with Gasteiger partial charge in [-0.15, -0.1) is 0 Å². The lowest BCUT2D eigenvalue weighted by Crippen LogP contribution is -2.47. The Labute approximate surface area is 201 Å². The summed E-state index contributed by atoms with van der Waals surface area (Å²) in [5, 5.41) is -0.104. The number of methoxy groups -OCH3 is 2. The van der Waals surface area contributed by atoms with E-state index in [1.165, 1.54) is 24.9 Å². The van der Waals surface area contributed by atoms with Crippen molar-refractivity contribution in [1.29, 1.82) is 0 Å². The second-order valence-electron chi connectivity index (χ2n) is 8.77. The van der Waals surface area contributed by atoms with E-state index in [-0.39, 0.29) is 22.5 Å². The quantitative estimate of drug-likeness (QED) is 0.513. The Bertz CT molecular complexity index is 1420. The van der Waals surface area contributed by atoms with Gasteiger partial charge in [-0.25, -0.2) is 23.7 Å². The summed E-state index contributed by atoms with van der Waals surface area (Å²) < 4.78 is 12.4. The first-order chi connectivity index (χ1) is 16.8. The number of fused-ring (bicyclic) bond motifs is 1. The molecule has 0 radical (unpaired) electrons. The Balaban J connectivity index is 2.03. The fourth-order valence-electron chi connectivity index (χ4n) is 4.56. The Morgan fingerprint density at radius 1 is 1.17 bits per heavy atom. The van der Waals surface area contributed by atoms with Crippen LogP contribution in [0.2, 0.25) is 0 Å². The van der Waals surface area contributed by atoms with Gasteiger partial charge in [-0.05, 0) is 43.9 Å². The zero-order chi connectivity index (χ0) is 25.3. The highest BCUT2D eigenvalue weighted by Gasteiger charge is 2.27. The van der Waals surface area contributed by atoms with E-state index in [1.54, 1.807) is 36.1 Å². The van der Waals surface area contributed by atoms with Gasteiger partial charge in [0.2, 0.25) is 5.91 Å². The van der Waals surface area contributed by atoms with Crippen LogP contribution in [0.1, 0.15) is 35.8 Å². The van der Waals surface area contributed by atoms with Crippen molar-refractivity contribution < 1.29 is 19.1 Å². The average Bonchev–Trinajstić information content (AvgIpc) is 2.85. The first kappa shape index (κ1) is 24.2. The molecule has 3 aromatic rings. The number of carbonyl (C=O) groups is 2. The van der Waals surface area contributed by atoms with Gasteiger partial charge < -0.3 is 14.4 Å². The molecule has 184 valence electrons. The average molecular weight is 481 g/mol. The smallest absolute Gasteiger partial charge is 0.338 e. The number of esters is 1. The summed E-state index contributed by atoms with van der Waals surface area (Å²) in [4.78, 5) is 59.3. The molecule has 0 saturated carbocycles. The first-order valence-corrected chi connectivity index (χ1v) is 11.4. The van der Waals surface area contributed by atoms with Crippen molar-refractivity contribution >= 4 is 22.9 Å². The number of hydrogen-bond acceptors (Lipinski definition) is 7. The number of aryl methyl sites for hydroxylation is 1. The third-order valence-corrected chi connectivity index (χ3v) is 6.26. The molecule has 0 spiro atoms. The molecule has 0 bridgehead atoms. The largest absolute Gasteiger partial charge is 0.495 e. The number of carbonyl (C=O) groups excluding carboxylic acids is 2. The van der Waals surface area contributed by atoms with Gasteiger partial charge in [0.1, 0.15) is 12.3 Å². The van der Waals surface area contributed by atoms with Crippen molar-refractivity contribution in [3.05, 3.63) is 62.4 Å². The Morgan fingerprint density at radius 2 is 1.91 bits per heavy atom. The van der Waals surface area contributed by atoms with Crippen molar-refractivity contribution in [2.45, 2.75) is 33.2 Å². The number of pyridine rings is 1. The van der Waals surface area contributed by atoms with E-state index >= 15 is 0 Å². The molecule has 2 aromatic heterocycles. The van der Waals surface area contributed by atoms with Crippen LogP contribution in [0, 0.1) is 12.8 Å². The molecular formula is C25H28N4O6. The van der Waals surface area contributed by atoms with Gasteiger partial charge in [-0.3, -0.25) is 9.59 Å². The Hall–Kier alpha value is -3.95. The third kappa shape index (κ3) is 4.43. The topological polar surface area (TPSA) is 113 Å². The van der Waals surface area contributed by atoms with Crippen molar-refractivity contribution in [3.8, 4) is 11.4 Å². The van der Waals surface area contributed by atoms with Crippen LogP contribution in [0.4, 0.5) is 0 Å². The standard InChI is InChI=1S/C25H28N4O6/c1-15-8-7-11-27(13-15)20(30)14-28-23(31)21-17(24(32)35-4)12-16(2)26-22(21)29(25(28)33)18-9-5-6-10-19(18)34-3/h5-6,9-10,12,15H,7-8,11,13-14H2,1-4H3. The highest BCUT2D eigenvalue weighted by Crippen LogP contribution is 2.25. The molecule has 35 heavy (non-hydrogen) atoms. The highest BCUT2D eigenvalue weighted by atomic mass is 16.5. The molecule has 1 amide bonds. The van der Waals surface area contributed by atoms with E-state index in [4.69, 9.17) is 9.47 Å². The zero-order valence-electron chi connectivity index (χ0n) is 20.2. The van der Waals surface area contributed by atoms with E-state index in [9.17, 15) is 19.2 Å². The number of hydrogen-bond donors (Lipinski definition) is 0. The van der Waals surface area contributed by atoms with E-state index in [0.717, 1.165) is 17.4 Å². The van der Waals surface area contributed by atoms with Gasteiger partial charge in [0.15, 0.2) is 5.65 Å². The molecule has 1 aromatic carbocycles. The maximum atomic E-state index is 13.8. The van der Waals surface area contributed by atoms with E-state index in [2.05, 4.69) is 11.9 Å².